The lowest BCUT2D eigenvalue weighted by Crippen LogP contribution is -2.26. The first-order chi connectivity index (χ1) is 12.0. The molecule has 5 heteroatoms. The van der Waals surface area contributed by atoms with Crippen LogP contribution in [0.25, 0.3) is 0 Å². The fraction of sp³-hybridized carbons (Fsp3) is 0.600. The summed E-state index contributed by atoms with van der Waals surface area (Å²) in [5.74, 6) is -1.07. The normalized spacial score (nSPS) is 11.8. The Morgan fingerprint density at radius 2 is 1.52 bits per heavy atom. The Labute approximate surface area is 150 Å². The van der Waals surface area contributed by atoms with Gasteiger partial charge >= 0.3 is 11.9 Å². The summed E-state index contributed by atoms with van der Waals surface area (Å²) in [5, 5.41) is 0. The molecule has 0 saturated carbocycles. The standard InChI is InChI=1S/C20H31NO4/c1-3-4-5-6-7-8-9-10-15-24-19(22)16(2)25-20(23)17-11-13-18(21)14-12-17/h11-14,16H,3-10,15,21H2,1-2H3/t16-/m0/s1. The summed E-state index contributed by atoms with van der Waals surface area (Å²) >= 11 is 0. The van der Waals surface area contributed by atoms with Crippen molar-refractivity contribution in [3.8, 4) is 0 Å². The number of nitrogens with two attached hydrogens (primary N) is 1. The van der Waals surface area contributed by atoms with Gasteiger partial charge in [0.15, 0.2) is 6.10 Å². The van der Waals surface area contributed by atoms with E-state index in [9.17, 15) is 9.59 Å². The van der Waals surface area contributed by atoms with E-state index in [2.05, 4.69) is 6.92 Å². The third-order valence-corrected chi connectivity index (χ3v) is 4.00. The van der Waals surface area contributed by atoms with E-state index in [0.29, 0.717) is 17.9 Å². The topological polar surface area (TPSA) is 78.6 Å². The Morgan fingerprint density at radius 1 is 0.960 bits per heavy atom. The molecule has 0 aliphatic heterocycles. The van der Waals surface area contributed by atoms with Gasteiger partial charge in [-0.15, -0.1) is 0 Å². The molecular formula is C20H31NO4. The molecule has 0 heterocycles. The number of unbranched alkanes of at least 4 members (excludes halogenated alkanes) is 7. The van der Waals surface area contributed by atoms with Crippen molar-refractivity contribution in [2.45, 2.75) is 71.3 Å². The third-order valence-electron chi connectivity index (χ3n) is 4.00. The monoisotopic (exact) mass is 349 g/mol. The van der Waals surface area contributed by atoms with Crippen molar-refractivity contribution in [2.75, 3.05) is 12.3 Å². The number of rotatable bonds is 12. The molecule has 0 unspecified atom stereocenters. The minimum Gasteiger partial charge on any atom is -0.463 e. The Balaban J connectivity index is 2.13. The molecule has 0 fully saturated rings. The van der Waals surface area contributed by atoms with E-state index < -0.39 is 18.0 Å². The maximum atomic E-state index is 11.9. The predicted octanol–water partition coefficient (Wildman–Crippen LogP) is 4.50. The lowest BCUT2D eigenvalue weighted by Gasteiger charge is -2.13. The summed E-state index contributed by atoms with van der Waals surface area (Å²) in [6, 6.07) is 6.36. The molecule has 1 rings (SSSR count). The van der Waals surface area contributed by atoms with Crippen molar-refractivity contribution in [2.24, 2.45) is 0 Å². The number of esters is 2. The molecule has 0 aliphatic carbocycles. The average Bonchev–Trinajstić information content (AvgIpc) is 2.60. The number of hydrogen-bond donors (Lipinski definition) is 1. The lowest BCUT2D eigenvalue weighted by molar-refractivity contribution is -0.153. The number of hydrogen-bond acceptors (Lipinski definition) is 5. The smallest absolute Gasteiger partial charge is 0.347 e. The first kappa shape index (κ1) is 21.0. The number of ether oxygens (including phenoxy) is 2. The summed E-state index contributed by atoms with van der Waals surface area (Å²) in [6.07, 6.45) is 8.55. The van der Waals surface area contributed by atoms with E-state index in [1.807, 2.05) is 0 Å². The number of benzene rings is 1. The Morgan fingerprint density at radius 3 is 2.12 bits per heavy atom. The van der Waals surface area contributed by atoms with Crippen molar-refractivity contribution >= 4 is 17.6 Å². The van der Waals surface area contributed by atoms with E-state index in [-0.39, 0.29) is 0 Å². The molecule has 1 aromatic rings. The van der Waals surface area contributed by atoms with Crippen LogP contribution in [0.15, 0.2) is 24.3 Å². The van der Waals surface area contributed by atoms with Gasteiger partial charge in [0.25, 0.3) is 0 Å². The Kier molecular flexibility index (Phi) is 10.4. The zero-order valence-electron chi connectivity index (χ0n) is 15.5. The fourth-order valence-corrected chi connectivity index (χ4v) is 2.42. The molecule has 0 aliphatic rings. The van der Waals surface area contributed by atoms with Crippen LogP contribution in [0.4, 0.5) is 5.69 Å². The van der Waals surface area contributed by atoms with Crippen LogP contribution in [0.3, 0.4) is 0 Å². The second-order valence-electron chi connectivity index (χ2n) is 6.31. The highest BCUT2D eigenvalue weighted by Gasteiger charge is 2.20. The highest BCUT2D eigenvalue weighted by Crippen LogP contribution is 2.10. The van der Waals surface area contributed by atoms with Gasteiger partial charge in [-0.05, 0) is 37.6 Å². The largest absolute Gasteiger partial charge is 0.463 e. The van der Waals surface area contributed by atoms with Crippen molar-refractivity contribution in [1.29, 1.82) is 0 Å². The van der Waals surface area contributed by atoms with Crippen molar-refractivity contribution in [3.05, 3.63) is 29.8 Å². The maximum Gasteiger partial charge on any atom is 0.347 e. The summed E-state index contributed by atoms with van der Waals surface area (Å²) in [6.45, 7) is 4.10. The number of anilines is 1. The van der Waals surface area contributed by atoms with Crippen LogP contribution in [0.2, 0.25) is 0 Å². The van der Waals surface area contributed by atoms with Gasteiger partial charge in [-0.25, -0.2) is 9.59 Å². The zero-order chi connectivity index (χ0) is 18.5. The van der Waals surface area contributed by atoms with Crippen LogP contribution in [-0.4, -0.2) is 24.6 Å². The van der Waals surface area contributed by atoms with Crippen LogP contribution in [0.1, 0.15) is 75.6 Å². The van der Waals surface area contributed by atoms with Crippen LogP contribution in [0.5, 0.6) is 0 Å². The molecule has 0 amide bonds. The van der Waals surface area contributed by atoms with Crippen molar-refractivity contribution < 1.29 is 19.1 Å². The van der Waals surface area contributed by atoms with Gasteiger partial charge in [0.2, 0.25) is 0 Å². The molecule has 2 N–H and O–H groups in total. The molecular weight excluding hydrogens is 318 g/mol. The number of nitrogen functional groups attached to an aromatic ring is 1. The molecule has 5 nitrogen and oxygen atoms in total. The van der Waals surface area contributed by atoms with Gasteiger partial charge in [-0.2, -0.15) is 0 Å². The van der Waals surface area contributed by atoms with Crippen LogP contribution in [-0.2, 0) is 14.3 Å². The Hall–Kier alpha value is -2.04. The zero-order valence-corrected chi connectivity index (χ0v) is 15.5. The average molecular weight is 349 g/mol. The highest BCUT2D eigenvalue weighted by atomic mass is 16.6. The lowest BCUT2D eigenvalue weighted by atomic mass is 10.1. The van der Waals surface area contributed by atoms with Gasteiger partial charge in [0, 0.05) is 5.69 Å². The summed E-state index contributed by atoms with van der Waals surface area (Å²) in [4.78, 5) is 23.8. The minimum absolute atomic E-state index is 0.358. The highest BCUT2D eigenvalue weighted by molar-refractivity contribution is 5.91. The van der Waals surface area contributed by atoms with Crippen molar-refractivity contribution in [1.82, 2.24) is 0 Å². The van der Waals surface area contributed by atoms with E-state index in [0.717, 1.165) is 12.8 Å². The van der Waals surface area contributed by atoms with Crippen LogP contribution in [0, 0.1) is 0 Å². The van der Waals surface area contributed by atoms with E-state index in [4.69, 9.17) is 15.2 Å². The predicted molar refractivity (Wildman–Crippen MR) is 99.3 cm³/mol. The summed E-state index contributed by atoms with van der Waals surface area (Å²) in [5.41, 5.74) is 6.49. The second-order valence-corrected chi connectivity index (χ2v) is 6.31. The molecule has 25 heavy (non-hydrogen) atoms. The fourth-order valence-electron chi connectivity index (χ4n) is 2.42. The van der Waals surface area contributed by atoms with Crippen molar-refractivity contribution in [3.63, 3.8) is 0 Å². The molecule has 1 atom stereocenters. The van der Waals surface area contributed by atoms with Gasteiger partial charge < -0.3 is 15.2 Å². The molecule has 140 valence electrons. The number of carbonyl (C=O) groups is 2. The second kappa shape index (κ2) is 12.3. The SMILES string of the molecule is CCCCCCCCCCOC(=O)[C@H](C)OC(=O)c1ccc(N)cc1. The quantitative estimate of drug-likeness (QED) is 0.341. The first-order valence-electron chi connectivity index (χ1n) is 9.27. The third kappa shape index (κ3) is 9.13. The molecule has 1 aromatic carbocycles. The molecule has 0 radical (unpaired) electrons. The van der Waals surface area contributed by atoms with E-state index in [1.54, 1.807) is 24.3 Å². The first-order valence-corrected chi connectivity index (χ1v) is 9.27. The maximum absolute atomic E-state index is 11.9. The Bertz CT molecular complexity index is 513. The van der Waals surface area contributed by atoms with Gasteiger partial charge in [0.05, 0.1) is 12.2 Å². The molecule has 0 bridgehead atoms. The van der Waals surface area contributed by atoms with Gasteiger partial charge in [0.1, 0.15) is 0 Å². The number of carbonyl (C=O) groups excluding carboxylic acids is 2. The summed E-state index contributed by atoms with van der Waals surface area (Å²) < 4.78 is 10.3. The van der Waals surface area contributed by atoms with Gasteiger partial charge in [-0.1, -0.05) is 51.9 Å². The van der Waals surface area contributed by atoms with Crippen LogP contribution < -0.4 is 5.73 Å². The van der Waals surface area contributed by atoms with Crippen LogP contribution >= 0.6 is 0 Å². The van der Waals surface area contributed by atoms with Gasteiger partial charge in [-0.3, -0.25) is 0 Å². The molecule has 0 spiro atoms. The summed E-state index contributed by atoms with van der Waals surface area (Å²) in [7, 11) is 0. The minimum atomic E-state index is -0.918. The van der Waals surface area contributed by atoms with E-state index >= 15 is 0 Å². The van der Waals surface area contributed by atoms with E-state index in [1.165, 1.54) is 45.4 Å². The molecule has 0 aromatic heterocycles. The molecule has 0 saturated heterocycles.